The first-order valence-corrected chi connectivity index (χ1v) is 10.2. The Kier molecular flexibility index (Phi) is 5.75. The van der Waals surface area contributed by atoms with E-state index in [2.05, 4.69) is 5.32 Å². The molecule has 160 valence electrons. The zero-order valence-electron chi connectivity index (χ0n) is 17.1. The Labute approximate surface area is 178 Å². The Bertz CT molecular complexity index is 1200. The van der Waals surface area contributed by atoms with Crippen LogP contribution >= 0.6 is 0 Å². The number of benzene rings is 2. The van der Waals surface area contributed by atoms with E-state index in [-0.39, 0.29) is 12.2 Å². The topological polar surface area (TPSA) is 109 Å². The van der Waals surface area contributed by atoms with Crippen LogP contribution in [-0.2, 0) is 22.4 Å². The third-order valence-electron chi connectivity index (χ3n) is 5.46. The molecule has 1 atom stereocenters. The molecule has 2 aromatic carbocycles. The molecule has 3 aromatic rings. The maximum atomic E-state index is 12.5. The lowest BCUT2D eigenvalue weighted by atomic mass is 9.90. The molecule has 7 heteroatoms. The first kappa shape index (κ1) is 20.7. The van der Waals surface area contributed by atoms with Gasteiger partial charge in [0.15, 0.2) is 6.61 Å². The number of carbonyl (C=O) groups excluding carboxylic acids is 2. The molecular weight excluding hydrogens is 398 g/mol. The average molecular weight is 420 g/mol. The molecule has 1 N–H and O–H groups in total. The molecule has 1 amide bonds. The van der Waals surface area contributed by atoms with Crippen LogP contribution in [0.4, 0.5) is 0 Å². The Morgan fingerprint density at radius 1 is 1.13 bits per heavy atom. The fourth-order valence-corrected chi connectivity index (χ4v) is 4.05. The van der Waals surface area contributed by atoms with Gasteiger partial charge in [-0.25, -0.2) is 4.79 Å². The fraction of sp³-hybridized carbons (Fsp3) is 0.292. The molecule has 7 nitrogen and oxygen atoms in total. The first-order valence-electron chi connectivity index (χ1n) is 10.2. The molecule has 1 aromatic heterocycles. The van der Waals surface area contributed by atoms with Crippen molar-refractivity contribution < 1.29 is 23.8 Å². The molecule has 4 rings (SSSR count). The van der Waals surface area contributed by atoms with E-state index in [0.29, 0.717) is 34.3 Å². The van der Waals surface area contributed by atoms with Gasteiger partial charge in [0.1, 0.15) is 11.3 Å². The van der Waals surface area contributed by atoms with Gasteiger partial charge in [0.25, 0.3) is 5.91 Å². The molecule has 0 fully saturated rings. The van der Waals surface area contributed by atoms with Crippen LogP contribution in [0.25, 0.3) is 11.0 Å². The molecule has 0 bridgehead atoms. The van der Waals surface area contributed by atoms with E-state index < -0.39 is 17.9 Å². The summed E-state index contributed by atoms with van der Waals surface area (Å²) in [5.74, 6) is -1.56. The van der Waals surface area contributed by atoms with Crippen molar-refractivity contribution in [2.24, 2.45) is 0 Å². The number of rotatable bonds is 6. The van der Waals surface area contributed by atoms with Crippen LogP contribution in [0.3, 0.4) is 0 Å². The van der Waals surface area contributed by atoms with Crippen LogP contribution in [0.5, 0.6) is 5.75 Å². The molecular formula is C24H22NO6-. The van der Waals surface area contributed by atoms with Gasteiger partial charge in [0.2, 0.25) is 0 Å². The minimum Gasteiger partial charge on any atom is -0.548 e. The van der Waals surface area contributed by atoms with Crippen molar-refractivity contribution in [1.82, 2.24) is 5.32 Å². The lowest BCUT2D eigenvalue weighted by Crippen LogP contribution is -2.43. The highest BCUT2D eigenvalue weighted by Gasteiger charge is 2.22. The number of aliphatic carboxylic acids is 1. The number of fused-ring (bicyclic) bond motifs is 3. The van der Waals surface area contributed by atoms with Crippen molar-refractivity contribution in [2.75, 3.05) is 6.61 Å². The predicted octanol–water partition coefficient (Wildman–Crippen LogP) is 1.97. The summed E-state index contributed by atoms with van der Waals surface area (Å²) < 4.78 is 11.3. The van der Waals surface area contributed by atoms with E-state index in [9.17, 15) is 19.5 Å². The summed E-state index contributed by atoms with van der Waals surface area (Å²) in [7, 11) is 0. The highest BCUT2D eigenvalue weighted by Crippen LogP contribution is 2.34. The fourth-order valence-electron chi connectivity index (χ4n) is 4.05. The van der Waals surface area contributed by atoms with Crippen molar-refractivity contribution in [1.29, 1.82) is 0 Å². The number of carboxylic acid groups (broad SMARTS) is 1. The number of hydrogen-bond acceptors (Lipinski definition) is 6. The zero-order valence-corrected chi connectivity index (χ0v) is 17.1. The van der Waals surface area contributed by atoms with E-state index >= 15 is 0 Å². The number of hydrogen-bond donors (Lipinski definition) is 1. The maximum Gasteiger partial charge on any atom is 0.339 e. The average Bonchev–Trinajstić information content (AvgIpc) is 2.76. The first-order chi connectivity index (χ1) is 14.9. The minimum absolute atomic E-state index is 0.323. The molecule has 0 spiro atoms. The second-order valence-electron chi connectivity index (χ2n) is 7.71. The SMILES string of the molecule is Cc1cc(OCC(=O)N[C@H](C(=O)[O-])c2ccccc2)c2c3c(c(=O)oc2c1)CCCC3. The molecule has 1 aliphatic rings. The third-order valence-corrected chi connectivity index (χ3v) is 5.46. The van der Waals surface area contributed by atoms with Gasteiger partial charge < -0.3 is 24.4 Å². The Hall–Kier alpha value is -3.61. The predicted molar refractivity (Wildman–Crippen MR) is 112 cm³/mol. The maximum absolute atomic E-state index is 12.5. The molecule has 1 heterocycles. The van der Waals surface area contributed by atoms with Gasteiger partial charge >= 0.3 is 5.63 Å². The summed E-state index contributed by atoms with van der Waals surface area (Å²) >= 11 is 0. The van der Waals surface area contributed by atoms with Crippen LogP contribution in [0.2, 0.25) is 0 Å². The molecule has 0 aliphatic heterocycles. The Balaban J connectivity index is 1.59. The second-order valence-corrected chi connectivity index (χ2v) is 7.71. The third kappa shape index (κ3) is 4.30. The number of aryl methyl sites for hydroxylation is 2. The van der Waals surface area contributed by atoms with Crippen molar-refractivity contribution in [3.63, 3.8) is 0 Å². The Morgan fingerprint density at radius 3 is 2.55 bits per heavy atom. The summed E-state index contributed by atoms with van der Waals surface area (Å²) in [6.45, 7) is 1.45. The number of ether oxygens (including phenoxy) is 1. The van der Waals surface area contributed by atoms with E-state index in [1.807, 2.05) is 6.92 Å². The summed E-state index contributed by atoms with van der Waals surface area (Å²) in [5.41, 5.74) is 2.91. The van der Waals surface area contributed by atoms with Crippen molar-refractivity contribution in [3.05, 3.63) is 75.1 Å². The van der Waals surface area contributed by atoms with Gasteiger partial charge in [-0.15, -0.1) is 0 Å². The molecule has 0 unspecified atom stereocenters. The summed E-state index contributed by atoms with van der Waals surface area (Å²) in [6.07, 6.45) is 3.29. The zero-order chi connectivity index (χ0) is 22.0. The van der Waals surface area contributed by atoms with E-state index in [4.69, 9.17) is 9.15 Å². The lowest BCUT2D eigenvalue weighted by Gasteiger charge is -2.21. The van der Waals surface area contributed by atoms with E-state index in [1.165, 1.54) is 0 Å². The monoisotopic (exact) mass is 420 g/mol. The number of amides is 1. The standard InChI is InChI=1S/C24H23NO6/c1-14-11-18(21-16-9-5-6-10-17(16)24(29)31-19(21)12-14)30-13-20(26)25-22(23(27)28)15-7-3-2-4-8-15/h2-4,7-8,11-12,22H,5-6,9-10,13H2,1H3,(H,25,26)(H,27,28)/p-1/t22-/m0/s1. The van der Waals surface area contributed by atoms with E-state index in [0.717, 1.165) is 30.4 Å². The highest BCUT2D eigenvalue weighted by atomic mass is 16.5. The molecule has 0 radical (unpaired) electrons. The highest BCUT2D eigenvalue weighted by molar-refractivity contribution is 5.89. The normalized spacial score (nSPS) is 14.0. The lowest BCUT2D eigenvalue weighted by molar-refractivity contribution is -0.308. The van der Waals surface area contributed by atoms with Gasteiger partial charge in [-0.2, -0.15) is 0 Å². The number of carbonyl (C=O) groups is 2. The summed E-state index contributed by atoms with van der Waals surface area (Å²) in [5, 5.41) is 14.7. The number of carboxylic acids is 1. The van der Waals surface area contributed by atoms with Crippen LogP contribution < -0.4 is 20.8 Å². The van der Waals surface area contributed by atoms with Crippen molar-refractivity contribution in [3.8, 4) is 5.75 Å². The van der Waals surface area contributed by atoms with Crippen LogP contribution in [0.15, 0.2) is 51.7 Å². The molecule has 0 saturated heterocycles. The Morgan fingerprint density at radius 2 is 1.84 bits per heavy atom. The van der Waals surface area contributed by atoms with Crippen LogP contribution in [0.1, 0.15) is 41.1 Å². The second kappa shape index (κ2) is 8.63. The minimum atomic E-state index is -1.41. The van der Waals surface area contributed by atoms with E-state index in [1.54, 1.807) is 42.5 Å². The van der Waals surface area contributed by atoms with Gasteiger partial charge in [-0.05, 0) is 61.4 Å². The van der Waals surface area contributed by atoms with Crippen molar-refractivity contribution in [2.45, 2.75) is 38.6 Å². The molecule has 31 heavy (non-hydrogen) atoms. The van der Waals surface area contributed by atoms with Gasteiger partial charge in [-0.1, -0.05) is 30.3 Å². The smallest absolute Gasteiger partial charge is 0.339 e. The summed E-state index contributed by atoms with van der Waals surface area (Å²) in [4.78, 5) is 36.3. The van der Waals surface area contributed by atoms with Gasteiger partial charge in [0, 0.05) is 5.56 Å². The summed E-state index contributed by atoms with van der Waals surface area (Å²) in [6, 6.07) is 10.6. The molecule has 0 saturated carbocycles. The van der Waals surface area contributed by atoms with Gasteiger partial charge in [-0.3, -0.25) is 4.79 Å². The quantitative estimate of drug-likeness (QED) is 0.611. The largest absolute Gasteiger partial charge is 0.548 e. The number of nitrogens with one attached hydrogen (secondary N) is 1. The van der Waals surface area contributed by atoms with Crippen molar-refractivity contribution >= 4 is 22.8 Å². The van der Waals surface area contributed by atoms with Crippen LogP contribution in [-0.4, -0.2) is 18.5 Å². The van der Waals surface area contributed by atoms with Crippen LogP contribution in [0, 0.1) is 6.92 Å². The van der Waals surface area contributed by atoms with Gasteiger partial charge in [0.05, 0.1) is 17.4 Å². The molecule has 1 aliphatic carbocycles.